The number of ether oxygens (including phenoxy) is 1. The van der Waals surface area contributed by atoms with Crippen LogP contribution in [0.1, 0.15) is 0 Å². The molecule has 16 heavy (non-hydrogen) atoms. The molecule has 6 nitrogen and oxygen atoms in total. The summed E-state index contributed by atoms with van der Waals surface area (Å²) in [5.74, 6) is -1.64. The Bertz CT molecular complexity index is 484. The van der Waals surface area contributed by atoms with Crippen molar-refractivity contribution in [1.82, 2.24) is 0 Å². The van der Waals surface area contributed by atoms with Crippen LogP contribution < -0.4 is 9.88 Å². The third-order valence-corrected chi connectivity index (χ3v) is 2.70. The van der Waals surface area contributed by atoms with Crippen LogP contribution in [0, 0.1) is 0 Å². The van der Waals surface area contributed by atoms with Gasteiger partial charge in [-0.25, -0.2) is 18.4 Å². The molecule has 0 spiro atoms. The van der Waals surface area contributed by atoms with Gasteiger partial charge in [0.15, 0.2) is 0 Å². The number of carboxylic acids is 1. The van der Waals surface area contributed by atoms with E-state index in [1.165, 1.54) is 24.3 Å². The molecule has 0 saturated heterocycles. The van der Waals surface area contributed by atoms with E-state index >= 15 is 0 Å². The number of nitrogens with two attached hydrogens (primary N) is 1. The fourth-order valence-corrected chi connectivity index (χ4v) is 1.55. The van der Waals surface area contributed by atoms with Crippen molar-refractivity contribution in [1.29, 1.82) is 0 Å². The second kappa shape index (κ2) is 4.69. The van der Waals surface area contributed by atoms with Crippen LogP contribution in [-0.4, -0.2) is 24.9 Å². The smallest absolute Gasteiger partial charge is 0.362 e. The summed E-state index contributed by atoms with van der Waals surface area (Å²) in [5, 5.41) is 13.7. The second-order valence-electron chi connectivity index (χ2n) is 2.83. The first-order valence-corrected chi connectivity index (χ1v) is 5.96. The molecule has 0 saturated carbocycles. The lowest BCUT2D eigenvalue weighted by molar-refractivity contribution is -0.141. The number of hydrogen-bond acceptors (Lipinski definition) is 4. The van der Waals surface area contributed by atoms with Crippen LogP contribution in [0.5, 0.6) is 5.75 Å². The number of benzene rings is 1. The predicted octanol–water partition coefficient (Wildman–Crippen LogP) is 0.418. The van der Waals surface area contributed by atoms with Crippen LogP contribution >= 0.6 is 11.6 Å². The molecule has 8 heteroatoms. The Kier molecular flexibility index (Phi) is 3.74. The molecule has 0 bridgehead atoms. The molecule has 0 aliphatic heterocycles. The minimum atomic E-state index is -4.33. The van der Waals surface area contributed by atoms with Crippen molar-refractivity contribution in [2.75, 3.05) is 0 Å². The Balaban J connectivity index is 2.93. The highest BCUT2D eigenvalue weighted by atomic mass is 35.5. The van der Waals surface area contributed by atoms with Gasteiger partial charge in [-0.15, -0.1) is 0 Å². The molecule has 0 aliphatic carbocycles. The van der Waals surface area contributed by atoms with Gasteiger partial charge in [0.2, 0.25) is 0 Å². The van der Waals surface area contributed by atoms with Gasteiger partial charge < -0.3 is 9.84 Å². The molecule has 0 aliphatic rings. The number of aliphatic carboxylic acids is 1. The summed E-state index contributed by atoms with van der Waals surface area (Å²) in [6, 6.07) is 5.53. The lowest BCUT2D eigenvalue weighted by atomic mass is 10.3. The molecule has 0 heterocycles. The summed E-state index contributed by atoms with van der Waals surface area (Å²) in [5.41, 5.74) is -2.13. The Hall–Kier alpha value is -1.31. The number of carboxylic acid groups (broad SMARTS) is 1. The van der Waals surface area contributed by atoms with Crippen molar-refractivity contribution in [2.24, 2.45) is 5.14 Å². The van der Waals surface area contributed by atoms with Gasteiger partial charge in [-0.3, -0.25) is 0 Å². The predicted molar refractivity (Wildman–Crippen MR) is 56.6 cm³/mol. The van der Waals surface area contributed by atoms with Gasteiger partial charge in [-0.2, -0.15) is 0 Å². The third-order valence-electron chi connectivity index (χ3n) is 1.56. The maximum Gasteiger partial charge on any atom is 0.362 e. The summed E-state index contributed by atoms with van der Waals surface area (Å²) in [6.07, 6.45) is 0. The monoisotopic (exact) mass is 265 g/mol. The summed E-state index contributed by atoms with van der Waals surface area (Å²) in [4.78, 5) is 10.6. The van der Waals surface area contributed by atoms with E-state index in [1.807, 2.05) is 0 Å². The molecular formula is C8H8ClNO5S. The second-order valence-corrected chi connectivity index (χ2v) is 4.87. The van der Waals surface area contributed by atoms with Gasteiger partial charge in [-0.05, 0) is 24.3 Å². The standard InChI is InChI=1S/C8H8ClNO5S/c9-5-1-3-6(4-2-5)15-8(7(11)12)16(10,13)14/h1-4,8H,(H,11,12)(H2,10,13,14). The number of hydrogen-bond donors (Lipinski definition) is 2. The van der Waals surface area contributed by atoms with Crippen molar-refractivity contribution in [3.05, 3.63) is 29.3 Å². The van der Waals surface area contributed by atoms with Crippen molar-refractivity contribution in [2.45, 2.75) is 5.44 Å². The first kappa shape index (κ1) is 12.8. The Morgan fingerprint density at radius 2 is 1.88 bits per heavy atom. The normalized spacial score (nSPS) is 13.1. The van der Waals surface area contributed by atoms with E-state index in [0.717, 1.165) is 0 Å². The summed E-state index contributed by atoms with van der Waals surface area (Å²) in [7, 11) is -4.33. The topological polar surface area (TPSA) is 107 Å². The molecule has 1 aromatic rings. The highest BCUT2D eigenvalue weighted by Gasteiger charge is 2.31. The summed E-state index contributed by atoms with van der Waals surface area (Å²) in [6.45, 7) is 0. The maximum absolute atomic E-state index is 10.9. The molecule has 0 radical (unpaired) electrons. The molecule has 1 unspecified atom stereocenters. The van der Waals surface area contributed by atoms with E-state index in [0.29, 0.717) is 5.02 Å². The van der Waals surface area contributed by atoms with Gasteiger partial charge in [0.05, 0.1) is 0 Å². The number of sulfonamides is 1. The largest absolute Gasteiger partial charge is 0.478 e. The lowest BCUT2D eigenvalue weighted by Crippen LogP contribution is -2.40. The summed E-state index contributed by atoms with van der Waals surface area (Å²) < 4.78 is 26.5. The molecule has 0 fully saturated rings. The Labute approximate surface area is 96.6 Å². The average molecular weight is 266 g/mol. The minimum absolute atomic E-state index is 0.0471. The Morgan fingerprint density at radius 1 is 1.38 bits per heavy atom. The van der Waals surface area contributed by atoms with Crippen molar-refractivity contribution < 1.29 is 23.1 Å². The first-order chi connectivity index (χ1) is 7.30. The van der Waals surface area contributed by atoms with E-state index in [-0.39, 0.29) is 5.75 Å². The molecule has 0 aromatic heterocycles. The van der Waals surface area contributed by atoms with E-state index in [4.69, 9.17) is 26.6 Å². The first-order valence-electron chi connectivity index (χ1n) is 3.97. The quantitative estimate of drug-likeness (QED) is 0.820. The van der Waals surface area contributed by atoms with E-state index in [1.54, 1.807) is 0 Å². The zero-order chi connectivity index (χ0) is 12.3. The van der Waals surface area contributed by atoms with E-state index in [2.05, 4.69) is 0 Å². The third kappa shape index (κ3) is 3.37. The van der Waals surface area contributed by atoms with Crippen LogP contribution in [0.25, 0.3) is 0 Å². The molecular weight excluding hydrogens is 258 g/mol. The molecule has 88 valence electrons. The van der Waals surface area contributed by atoms with Gasteiger partial charge in [0.25, 0.3) is 10.0 Å². The molecule has 1 rings (SSSR count). The van der Waals surface area contributed by atoms with Crippen molar-refractivity contribution in [3.63, 3.8) is 0 Å². The fourth-order valence-electron chi connectivity index (χ4n) is 0.895. The van der Waals surface area contributed by atoms with Crippen LogP contribution in [0.15, 0.2) is 24.3 Å². The van der Waals surface area contributed by atoms with E-state index in [9.17, 15) is 13.2 Å². The number of carbonyl (C=O) groups is 1. The van der Waals surface area contributed by atoms with Crippen LogP contribution in [0.4, 0.5) is 0 Å². The average Bonchev–Trinajstić information content (AvgIpc) is 2.14. The molecule has 1 aromatic carbocycles. The number of halogens is 1. The van der Waals surface area contributed by atoms with E-state index < -0.39 is 21.4 Å². The zero-order valence-corrected chi connectivity index (χ0v) is 9.40. The van der Waals surface area contributed by atoms with Crippen LogP contribution in [0.2, 0.25) is 5.02 Å². The van der Waals surface area contributed by atoms with Crippen molar-refractivity contribution >= 4 is 27.6 Å². The maximum atomic E-state index is 10.9. The highest BCUT2D eigenvalue weighted by molar-refractivity contribution is 7.90. The zero-order valence-electron chi connectivity index (χ0n) is 7.83. The number of primary sulfonamides is 1. The van der Waals surface area contributed by atoms with Gasteiger partial charge in [0, 0.05) is 5.02 Å². The van der Waals surface area contributed by atoms with Gasteiger partial charge in [-0.1, -0.05) is 11.6 Å². The highest BCUT2D eigenvalue weighted by Crippen LogP contribution is 2.17. The van der Waals surface area contributed by atoms with Crippen LogP contribution in [-0.2, 0) is 14.8 Å². The van der Waals surface area contributed by atoms with Gasteiger partial charge in [0.1, 0.15) is 5.75 Å². The summed E-state index contributed by atoms with van der Waals surface area (Å²) >= 11 is 5.59. The van der Waals surface area contributed by atoms with Crippen LogP contribution in [0.3, 0.4) is 0 Å². The van der Waals surface area contributed by atoms with Gasteiger partial charge >= 0.3 is 11.4 Å². The fraction of sp³-hybridized carbons (Fsp3) is 0.125. The molecule has 0 amide bonds. The number of rotatable bonds is 4. The lowest BCUT2D eigenvalue weighted by Gasteiger charge is -2.12. The molecule has 1 atom stereocenters. The van der Waals surface area contributed by atoms with Crippen molar-refractivity contribution in [3.8, 4) is 5.75 Å². The minimum Gasteiger partial charge on any atom is -0.478 e. The SMILES string of the molecule is NS(=O)(=O)C(Oc1ccc(Cl)cc1)C(=O)O. The Morgan fingerprint density at radius 3 is 2.25 bits per heavy atom. The molecule has 3 N–H and O–H groups in total.